The van der Waals surface area contributed by atoms with Crippen LogP contribution in [0.5, 0.6) is 0 Å². The molecule has 2 aromatic heterocycles. The molecule has 7 heteroatoms. The number of aryl methyl sites for hydroxylation is 1. The van der Waals surface area contributed by atoms with Crippen LogP contribution in [0.4, 0.5) is 10.9 Å². The zero-order valence-corrected chi connectivity index (χ0v) is 16.3. The highest BCUT2D eigenvalue weighted by atomic mass is 32.1. The monoisotopic (exact) mass is 380 g/mol. The van der Waals surface area contributed by atoms with Crippen LogP contribution in [-0.4, -0.2) is 47.2 Å². The first kappa shape index (κ1) is 16.9. The van der Waals surface area contributed by atoms with Crippen molar-refractivity contribution in [2.45, 2.75) is 31.7 Å². The molecule has 6 nitrogen and oxygen atoms in total. The fourth-order valence-corrected chi connectivity index (χ4v) is 4.99. The van der Waals surface area contributed by atoms with Crippen molar-refractivity contribution in [3.63, 3.8) is 0 Å². The van der Waals surface area contributed by atoms with Gasteiger partial charge < -0.3 is 15.5 Å². The minimum Gasteiger partial charge on any atom is -0.353 e. The summed E-state index contributed by atoms with van der Waals surface area (Å²) in [6, 6.07) is 10.9. The lowest BCUT2D eigenvalue weighted by Crippen LogP contribution is -2.47. The van der Waals surface area contributed by atoms with Crippen LogP contribution in [0.2, 0.25) is 0 Å². The van der Waals surface area contributed by atoms with Gasteiger partial charge in [-0.1, -0.05) is 23.5 Å². The Labute approximate surface area is 163 Å². The number of hydrogen-bond acceptors (Lipinski definition) is 7. The molecule has 0 unspecified atom stereocenters. The van der Waals surface area contributed by atoms with Crippen LogP contribution in [0.15, 0.2) is 30.3 Å². The van der Waals surface area contributed by atoms with Gasteiger partial charge in [-0.25, -0.2) is 15.0 Å². The third kappa shape index (κ3) is 3.26. The molecule has 2 fully saturated rings. The van der Waals surface area contributed by atoms with E-state index in [1.807, 2.05) is 13.0 Å². The van der Waals surface area contributed by atoms with E-state index in [-0.39, 0.29) is 0 Å². The molecule has 3 aromatic rings. The first-order chi connectivity index (χ1) is 13.2. The Morgan fingerprint density at radius 3 is 2.48 bits per heavy atom. The quantitative estimate of drug-likeness (QED) is 0.753. The molecule has 0 atom stereocenters. The van der Waals surface area contributed by atoms with Gasteiger partial charge in [0.2, 0.25) is 0 Å². The van der Waals surface area contributed by atoms with Crippen molar-refractivity contribution in [2.24, 2.45) is 5.73 Å². The largest absolute Gasteiger partial charge is 0.353 e. The first-order valence-corrected chi connectivity index (χ1v) is 10.4. The van der Waals surface area contributed by atoms with Crippen LogP contribution in [-0.2, 0) is 0 Å². The van der Waals surface area contributed by atoms with Gasteiger partial charge in [0, 0.05) is 49.9 Å². The van der Waals surface area contributed by atoms with Crippen LogP contribution < -0.4 is 15.5 Å². The van der Waals surface area contributed by atoms with Gasteiger partial charge in [-0.3, -0.25) is 0 Å². The first-order valence-electron chi connectivity index (χ1n) is 9.62. The van der Waals surface area contributed by atoms with E-state index in [0.29, 0.717) is 12.0 Å². The molecule has 1 aliphatic carbocycles. The number of nitrogens with two attached hydrogens (primary N) is 1. The van der Waals surface area contributed by atoms with E-state index in [2.05, 4.69) is 39.0 Å². The molecule has 0 spiro atoms. The SMILES string of the molecule is Cc1nc(C2CC(N)C2)cc(N2CCN(c3nc4ccccc4s3)CC2)n1. The number of fused-ring (bicyclic) bond motifs is 1. The van der Waals surface area contributed by atoms with Gasteiger partial charge in [-0.2, -0.15) is 0 Å². The predicted octanol–water partition coefficient (Wildman–Crippen LogP) is 2.93. The van der Waals surface area contributed by atoms with Gasteiger partial charge in [0.05, 0.1) is 10.2 Å². The second kappa shape index (κ2) is 6.73. The van der Waals surface area contributed by atoms with Crippen molar-refractivity contribution >= 4 is 32.5 Å². The summed E-state index contributed by atoms with van der Waals surface area (Å²) >= 11 is 1.78. The molecule has 2 N–H and O–H groups in total. The summed E-state index contributed by atoms with van der Waals surface area (Å²) in [5, 5.41) is 1.12. The fraction of sp³-hybridized carbons (Fsp3) is 0.450. The molecule has 0 radical (unpaired) electrons. The number of hydrogen-bond donors (Lipinski definition) is 1. The zero-order chi connectivity index (χ0) is 18.4. The molecule has 140 valence electrons. The van der Waals surface area contributed by atoms with E-state index in [1.54, 1.807) is 11.3 Å². The summed E-state index contributed by atoms with van der Waals surface area (Å²) in [7, 11) is 0. The van der Waals surface area contributed by atoms with Crippen LogP contribution in [0.3, 0.4) is 0 Å². The Morgan fingerprint density at radius 2 is 1.74 bits per heavy atom. The van der Waals surface area contributed by atoms with E-state index in [0.717, 1.165) is 67.0 Å². The van der Waals surface area contributed by atoms with Gasteiger partial charge in [0.25, 0.3) is 0 Å². The smallest absolute Gasteiger partial charge is 0.186 e. The number of para-hydroxylation sites is 1. The molecule has 1 aromatic carbocycles. The van der Waals surface area contributed by atoms with Gasteiger partial charge >= 0.3 is 0 Å². The average molecular weight is 381 g/mol. The minimum atomic E-state index is 0.339. The maximum Gasteiger partial charge on any atom is 0.186 e. The molecule has 1 saturated heterocycles. The van der Waals surface area contributed by atoms with Gasteiger partial charge in [-0.05, 0) is 31.9 Å². The second-order valence-electron chi connectivity index (χ2n) is 7.56. The third-order valence-corrected chi connectivity index (χ3v) is 6.69. The Hall–Kier alpha value is -2.25. The molecular formula is C20H24N6S. The van der Waals surface area contributed by atoms with Crippen molar-refractivity contribution in [3.05, 3.63) is 41.9 Å². The standard InChI is InChI=1S/C20H24N6S/c1-13-22-17(14-10-15(21)11-14)12-19(23-13)25-6-8-26(9-7-25)20-24-16-4-2-3-5-18(16)27-20/h2-5,12,14-15H,6-11,21H2,1H3. The van der Waals surface area contributed by atoms with Gasteiger partial charge in [0.1, 0.15) is 11.6 Å². The molecule has 27 heavy (non-hydrogen) atoms. The summed E-state index contributed by atoms with van der Waals surface area (Å²) in [5.74, 6) is 2.42. The van der Waals surface area contributed by atoms with Gasteiger partial charge in [0.15, 0.2) is 5.13 Å². The Morgan fingerprint density at radius 1 is 1.00 bits per heavy atom. The van der Waals surface area contributed by atoms with Crippen molar-refractivity contribution in [2.75, 3.05) is 36.0 Å². The van der Waals surface area contributed by atoms with E-state index in [1.165, 1.54) is 4.70 Å². The summed E-state index contributed by atoms with van der Waals surface area (Å²) in [6.07, 6.45) is 2.09. The molecule has 2 aliphatic rings. The van der Waals surface area contributed by atoms with Crippen molar-refractivity contribution < 1.29 is 0 Å². The lowest BCUT2D eigenvalue weighted by molar-refractivity contribution is 0.344. The molecule has 0 bridgehead atoms. The van der Waals surface area contributed by atoms with Crippen molar-refractivity contribution in [3.8, 4) is 0 Å². The van der Waals surface area contributed by atoms with Crippen LogP contribution >= 0.6 is 11.3 Å². The Balaban J connectivity index is 1.30. The van der Waals surface area contributed by atoms with E-state index >= 15 is 0 Å². The normalized spacial score (nSPS) is 22.9. The number of benzene rings is 1. The highest BCUT2D eigenvalue weighted by molar-refractivity contribution is 7.22. The van der Waals surface area contributed by atoms with Crippen LogP contribution in [0, 0.1) is 6.92 Å². The predicted molar refractivity (Wildman–Crippen MR) is 111 cm³/mol. The number of piperazine rings is 1. The number of rotatable bonds is 3. The number of aromatic nitrogens is 3. The summed E-state index contributed by atoms with van der Waals surface area (Å²) in [4.78, 5) is 18.9. The highest BCUT2D eigenvalue weighted by Gasteiger charge is 2.30. The summed E-state index contributed by atoms with van der Waals surface area (Å²) in [5.41, 5.74) is 8.21. The molecule has 3 heterocycles. The lowest BCUT2D eigenvalue weighted by atomic mass is 9.78. The minimum absolute atomic E-state index is 0.339. The average Bonchev–Trinajstić information content (AvgIpc) is 3.09. The highest BCUT2D eigenvalue weighted by Crippen LogP contribution is 2.36. The van der Waals surface area contributed by atoms with Crippen molar-refractivity contribution in [1.82, 2.24) is 15.0 Å². The third-order valence-electron chi connectivity index (χ3n) is 5.59. The fourth-order valence-electron chi connectivity index (χ4n) is 3.97. The maximum absolute atomic E-state index is 5.96. The van der Waals surface area contributed by atoms with E-state index in [4.69, 9.17) is 15.7 Å². The number of anilines is 2. The molecule has 1 aliphatic heterocycles. The molecule has 1 saturated carbocycles. The second-order valence-corrected chi connectivity index (χ2v) is 8.57. The topological polar surface area (TPSA) is 71.2 Å². The molecule has 5 rings (SSSR count). The number of nitrogens with zero attached hydrogens (tertiary/aromatic N) is 5. The maximum atomic E-state index is 5.96. The van der Waals surface area contributed by atoms with Crippen LogP contribution in [0.1, 0.15) is 30.3 Å². The van der Waals surface area contributed by atoms with Crippen molar-refractivity contribution in [1.29, 1.82) is 0 Å². The Bertz CT molecular complexity index is 923. The summed E-state index contributed by atoms with van der Waals surface area (Å²) in [6.45, 7) is 5.83. The van der Waals surface area contributed by atoms with Crippen LogP contribution in [0.25, 0.3) is 10.2 Å². The summed E-state index contributed by atoms with van der Waals surface area (Å²) < 4.78 is 1.25. The Kier molecular flexibility index (Phi) is 4.21. The molecular weight excluding hydrogens is 356 g/mol. The molecule has 0 amide bonds. The van der Waals surface area contributed by atoms with E-state index in [9.17, 15) is 0 Å². The van der Waals surface area contributed by atoms with Gasteiger partial charge in [-0.15, -0.1) is 0 Å². The lowest BCUT2D eigenvalue weighted by Gasteiger charge is -2.36. The number of thiazole rings is 1. The van der Waals surface area contributed by atoms with E-state index < -0.39 is 0 Å². The zero-order valence-electron chi connectivity index (χ0n) is 15.5.